The minimum atomic E-state index is -4.21. The predicted molar refractivity (Wildman–Crippen MR) is 132 cm³/mol. The van der Waals surface area contributed by atoms with Gasteiger partial charge in [-0.3, -0.25) is 9.44 Å². The number of nitrogens with one attached hydrogen (secondary N) is 2. The van der Waals surface area contributed by atoms with Crippen LogP contribution in [0.15, 0.2) is 69.1 Å². The normalized spacial score (nSPS) is 12.0. The average molecular weight is 581 g/mol. The lowest BCUT2D eigenvalue weighted by molar-refractivity contribution is 0.589. The van der Waals surface area contributed by atoms with Gasteiger partial charge in [0.2, 0.25) is 0 Å². The summed E-state index contributed by atoms with van der Waals surface area (Å²) in [5, 5.41) is 0. The van der Waals surface area contributed by atoms with Crippen molar-refractivity contribution in [1.29, 1.82) is 0 Å². The Hall–Kier alpha value is -2.22. The van der Waals surface area contributed by atoms with Gasteiger partial charge in [0, 0.05) is 0 Å². The lowest BCUT2D eigenvalue weighted by Gasteiger charge is -2.16. The highest BCUT2D eigenvalue weighted by Crippen LogP contribution is 2.36. The summed E-state index contributed by atoms with van der Waals surface area (Å²) in [6, 6.07) is 12.2. The molecule has 2 N–H and O–H groups in total. The van der Waals surface area contributed by atoms with E-state index in [-0.39, 0.29) is 34.0 Å². The first kappa shape index (κ1) is 24.9. The second-order valence-electron chi connectivity index (χ2n) is 6.69. The zero-order valence-corrected chi connectivity index (χ0v) is 21.3. The first-order chi connectivity index (χ1) is 16.0. The van der Waals surface area contributed by atoms with E-state index >= 15 is 0 Å². The lowest BCUT2D eigenvalue weighted by atomic mass is 10.0. The molecule has 2 heterocycles. The molecule has 0 fully saturated rings. The quantitative estimate of drug-likeness (QED) is 0.255. The van der Waals surface area contributed by atoms with Crippen molar-refractivity contribution in [2.75, 3.05) is 9.44 Å². The molecule has 0 aliphatic heterocycles. The fraction of sp³-hybridized carbons (Fsp3) is 0. The molecule has 6 nitrogen and oxygen atoms in total. The maximum absolute atomic E-state index is 14.4. The van der Waals surface area contributed by atoms with Gasteiger partial charge < -0.3 is 0 Å². The fourth-order valence-electron chi connectivity index (χ4n) is 2.92. The summed E-state index contributed by atoms with van der Waals surface area (Å²) in [4.78, 5) is 0. The van der Waals surface area contributed by atoms with E-state index in [1.807, 2.05) is 0 Å². The van der Waals surface area contributed by atoms with Gasteiger partial charge in [-0.25, -0.2) is 25.6 Å². The summed E-state index contributed by atoms with van der Waals surface area (Å²) in [7, 11) is -8.35. The first-order valence-electron chi connectivity index (χ1n) is 9.11. The molecule has 2 aromatic carbocycles. The third-order valence-electron chi connectivity index (χ3n) is 4.39. The van der Waals surface area contributed by atoms with Gasteiger partial charge in [0.05, 0.1) is 25.6 Å². The zero-order valence-electron chi connectivity index (χ0n) is 16.6. The molecule has 0 aliphatic rings. The van der Waals surface area contributed by atoms with E-state index in [0.717, 1.165) is 40.9 Å². The fourth-order valence-corrected chi connectivity index (χ4v) is 8.04. The minimum Gasteiger partial charge on any atom is -0.277 e. The molecule has 2 aromatic heterocycles. The minimum absolute atomic E-state index is 0.0142. The van der Waals surface area contributed by atoms with Crippen LogP contribution in [0.1, 0.15) is 0 Å². The Balaban J connectivity index is 1.82. The molecule has 0 radical (unpaired) electrons. The van der Waals surface area contributed by atoms with Crippen LogP contribution in [0.25, 0.3) is 11.1 Å². The SMILES string of the molecule is O=S(=O)(Nc1ccc(-c2c(F)cccc2F)cc1NS(=O)(=O)c1ccc(Cl)s1)c1ccc(Cl)s1. The van der Waals surface area contributed by atoms with E-state index in [0.29, 0.717) is 0 Å². The largest absolute Gasteiger partial charge is 0.277 e. The van der Waals surface area contributed by atoms with E-state index in [9.17, 15) is 25.6 Å². The van der Waals surface area contributed by atoms with Crippen LogP contribution in [0, 0.1) is 11.6 Å². The van der Waals surface area contributed by atoms with Crippen LogP contribution in [0.5, 0.6) is 0 Å². The zero-order chi connectivity index (χ0) is 24.7. The number of sulfonamides is 2. The highest BCUT2D eigenvalue weighted by atomic mass is 35.5. The van der Waals surface area contributed by atoms with Gasteiger partial charge in [-0.05, 0) is 54.1 Å². The van der Waals surface area contributed by atoms with E-state index in [2.05, 4.69) is 9.44 Å². The van der Waals surface area contributed by atoms with Crippen molar-refractivity contribution >= 4 is 77.3 Å². The molecule has 0 amide bonds. The summed E-state index contributed by atoms with van der Waals surface area (Å²) >= 11 is 13.3. The molecular formula is C20H12Cl2F2N2O4S4. The van der Waals surface area contributed by atoms with Crippen molar-refractivity contribution in [3.8, 4) is 11.1 Å². The maximum Gasteiger partial charge on any atom is 0.271 e. The van der Waals surface area contributed by atoms with Crippen molar-refractivity contribution in [3.63, 3.8) is 0 Å². The molecule has 0 spiro atoms. The van der Waals surface area contributed by atoms with Crippen molar-refractivity contribution in [2.24, 2.45) is 0 Å². The second-order valence-corrected chi connectivity index (χ2v) is 13.9. The van der Waals surface area contributed by atoms with Gasteiger partial charge in [-0.1, -0.05) is 35.3 Å². The van der Waals surface area contributed by atoms with Crippen LogP contribution in [-0.2, 0) is 20.0 Å². The molecule has 34 heavy (non-hydrogen) atoms. The van der Waals surface area contributed by atoms with Crippen LogP contribution in [0.2, 0.25) is 8.67 Å². The molecule has 0 unspecified atom stereocenters. The molecular weight excluding hydrogens is 569 g/mol. The lowest BCUT2D eigenvalue weighted by Crippen LogP contribution is -2.16. The predicted octanol–water partition coefficient (Wildman–Crippen LogP) is 6.66. The Morgan fingerprint density at radius 1 is 0.676 bits per heavy atom. The summed E-state index contributed by atoms with van der Waals surface area (Å²) in [5.41, 5.74) is -0.839. The van der Waals surface area contributed by atoms with Crippen molar-refractivity contribution in [3.05, 3.63) is 81.0 Å². The summed E-state index contributed by atoms with van der Waals surface area (Å²) in [6.45, 7) is 0. The summed E-state index contributed by atoms with van der Waals surface area (Å²) in [5.74, 6) is -1.75. The van der Waals surface area contributed by atoms with Gasteiger partial charge in [-0.2, -0.15) is 0 Å². The van der Waals surface area contributed by atoms with Crippen LogP contribution in [0.4, 0.5) is 20.2 Å². The summed E-state index contributed by atoms with van der Waals surface area (Å²) in [6.07, 6.45) is 0. The van der Waals surface area contributed by atoms with Crippen LogP contribution in [-0.4, -0.2) is 16.8 Å². The van der Waals surface area contributed by atoms with Gasteiger partial charge >= 0.3 is 0 Å². The van der Waals surface area contributed by atoms with E-state index in [4.69, 9.17) is 23.2 Å². The Bertz CT molecular complexity index is 1580. The summed E-state index contributed by atoms with van der Waals surface area (Å²) < 4.78 is 84.9. The smallest absolute Gasteiger partial charge is 0.271 e. The van der Waals surface area contributed by atoms with Crippen molar-refractivity contribution in [2.45, 2.75) is 8.42 Å². The molecule has 4 rings (SSSR count). The van der Waals surface area contributed by atoms with Crippen molar-refractivity contribution < 1.29 is 25.6 Å². The highest BCUT2D eigenvalue weighted by molar-refractivity contribution is 7.95. The number of anilines is 2. The number of rotatable bonds is 7. The van der Waals surface area contributed by atoms with E-state index in [1.165, 1.54) is 42.5 Å². The standard InChI is InChI=1S/C20H12Cl2F2N2O4S4/c21-16-6-8-18(31-16)33(27,28)25-14-5-4-11(20-12(23)2-1-3-13(20)24)10-15(14)26-34(29,30)19-9-7-17(22)32-19/h1-10,25-26H. The molecule has 0 atom stereocenters. The Morgan fingerprint density at radius 3 is 1.65 bits per heavy atom. The number of thiophene rings is 2. The molecule has 178 valence electrons. The Kier molecular flexibility index (Phi) is 6.91. The Morgan fingerprint density at radius 2 is 1.18 bits per heavy atom. The van der Waals surface area contributed by atoms with Crippen LogP contribution < -0.4 is 9.44 Å². The van der Waals surface area contributed by atoms with Gasteiger partial charge in [-0.15, -0.1) is 22.7 Å². The molecule has 14 heteroatoms. The van der Waals surface area contributed by atoms with Crippen LogP contribution >= 0.6 is 45.9 Å². The maximum atomic E-state index is 14.4. The van der Waals surface area contributed by atoms with Gasteiger partial charge in [0.25, 0.3) is 20.0 Å². The third-order valence-corrected chi connectivity index (χ3v) is 10.6. The van der Waals surface area contributed by atoms with Gasteiger partial charge in [0.15, 0.2) is 0 Å². The number of hydrogen-bond donors (Lipinski definition) is 2. The molecule has 0 aliphatic carbocycles. The average Bonchev–Trinajstić information content (AvgIpc) is 3.38. The van der Waals surface area contributed by atoms with E-state index < -0.39 is 37.2 Å². The second kappa shape index (κ2) is 9.44. The molecule has 0 bridgehead atoms. The monoisotopic (exact) mass is 580 g/mol. The molecule has 0 saturated heterocycles. The number of halogens is 4. The third kappa shape index (κ3) is 5.21. The first-order valence-corrected chi connectivity index (χ1v) is 14.5. The van der Waals surface area contributed by atoms with E-state index in [1.54, 1.807) is 0 Å². The highest BCUT2D eigenvalue weighted by Gasteiger charge is 2.23. The molecule has 0 saturated carbocycles. The van der Waals surface area contributed by atoms with Crippen molar-refractivity contribution in [1.82, 2.24) is 0 Å². The number of benzene rings is 2. The van der Waals surface area contributed by atoms with Gasteiger partial charge in [0.1, 0.15) is 20.1 Å². The Labute approximate surface area is 211 Å². The van der Waals surface area contributed by atoms with Crippen LogP contribution in [0.3, 0.4) is 0 Å². The topological polar surface area (TPSA) is 92.3 Å². The molecule has 4 aromatic rings. The number of hydrogen-bond acceptors (Lipinski definition) is 6.